The largest absolute Gasteiger partial charge is 0.354 e. The molecule has 4 rings (SSSR count). The summed E-state index contributed by atoms with van der Waals surface area (Å²) in [6.07, 6.45) is 5.52. The monoisotopic (exact) mass is 375 g/mol. The smallest absolute Gasteiger partial charge is 0.194 e. The van der Waals surface area contributed by atoms with Gasteiger partial charge in [0.2, 0.25) is 0 Å². The van der Waals surface area contributed by atoms with Crippen LogP contribution < -0.4 is 5.32 Å². The molecule has 0 spiro atoms. The Morgan fingerprint density at radius 3 is 2.62 bits per heavy atom. The summed E-state index contributed by atoms with van der Waals surface area (Å²) in [4.78, 5) is 7.23. The van der Waals surface area contributed by atoms with Gasteiger partial charge in [-0.1, -0.05) is 30.3 Å². The normalized spacial score (nSPS) is 28.5. The molecule has 3 fully saturated rings. The zero-order chi connectivity index (χ0) is 18.0. The molecule has 2 saturated heterocycles. The molecule has 6 heteroatoms. The molecule has 1 aromatic carbocycles. The molecule has 0 radical (unpaired) electrons. The van der Waals surface area contributed by atoms with Crippen LogP contribution in [0.2, 0.25) is 0 Å². The fourth-order valence-corrected chi connectivity index (χ4v) is 5.87. The van der Waals surface area contributed by atoms with Crippen LogP contribution in [0.5, 0.6) is 0 Å². The van der Waals surface area contributed by atoms with Crippen LogP contribution in [0.3, 0.4) is 0 Å². The van der Waals surface area contributed by atoms with Gasteiger partial charge in [0.1, 0.15) is 0 Å². The lowest BCUT2D eigenvalue weighted by atomic mass is 9.99. The van der Waals surface area contributed by atoms with Gasteiger partial charge < -0.3 is 10.2 Å². The Hall–Kier alpha value is -1.56. The fourth-order valence-electron chi connectivity index (χ4n) is 4.02. The Kier molecular flexibility index (Phi) is 5.20. The van der Waals surface area contributed by atoms with E-state index in [1.54, 1.807) is 0 Å². The molecule has 26 heavy (non-hydrogen) atoms. The lowest BCUT2D eigenvalue weighted by Gasteiger charge is -2.23. The molecule has 3 aliphatic rings. The van der Waals surface area contributed by atoms with Gasteiger partial charge >= 0.3 is 0 Å². The molecule has 1 saturated carbocycles. The van der Waals surface area contributed by atoms with Crippen molar-refractivity contribution in [3.8, 4) is 0 Å². The van der Waals surface area contributed by atoms with E-state index in [1.165, 1.54) is 24.8 Å². The van der Waals surface area contributed by atoms with E-state index in [-0.39, 0.29) is 5.92 Å². The average Bonchev–Trinajstić information content (AvgIpc) is 3.21. The summed E-state index contributed by atoms with van der Waals surface area (Å²) >= 11 is 0. The number of nitrogens with one attached hydrogen (secondary N) is 1. The van der Waals surface area contributed by atoms with E-state index in [0.29, 0.717) is 30.0 Å². The number of hydrogen-bond donors (Lipinski definition) is 1. The second kappa shape index (κ2) is 7.59. The van der Waals surface area contributed by atoms with Gasteiger partial charge in [-0.25, -0.2) is 8.42 Å². The highest BCUT2D eigenvalue weighted by Gasteiger charge is 2.31. The Morgan fingerprint density at radius 1 is 1.12 bits per heavy atom. The molecule has 0 aromatic heterocycles. The Balaban J connectivity index is 1.36. The average molecular weight is 376 g/mol. The first-order valence-corrected chi connectivity index (χ1v) is 11.7. The summed E-state index contributed by atoms with van der Waals surface area (Å²) in [5.41, 5.74) is 1.41. The minimum Gasteiger partial charge on any atom is -0.354 e. The Morgan fingerprint density at radius 2 is 1.92 bits per heavy atom. The first-order valence-electron chi connectivity index (χ1n) is 9.88. The number of sulfone groups is 1. The molecular weight excluding hydrogens is 346 g/mol. The summed E-state index contributed by atoms with van der Waals surface area (Å²) in [6, 6.07) is 11.3. The summed E-state index contributed by atoms with van der Waals surface area (Å²) in [7, 11) is -2.82. The number of hydrogen-bond acceptors (Lipinski definition) is 3. The van der Waals surface area contributed by atoms with E-state index < -0.39 is 9.84 Å². The topological polar surface area (TPSA) is 61.8 Å². The molecule has 2 aliphatic heterocycles. The molecule has 1 aromatic rings. The summed E-state index contributed by atoms with van der Waals surface area (Å²) in [6.45, 7) is 2.71. The highest BCUT2D eigenvalue weighted by Crippen LogP contribution is 2.24. The fraction of sp³-hybridized carbons (Fsp3) is 0.650. The maximum Gasteiger partial charge on any atom is 0.194 e. The van der Waals surface area contributed by atoms with Crippen LogP contribution >= 0.6 is 0 Å². The molecular formula is C20H29N3O2S. The lowest BCUT2D eigenvalue weighted by Crippen LogP contribution is -2.41. The first kappa shape index (κ1) is 17.8. The number of aliphatic imine (C=N–C) groups is 1. The number of benzene rings is 1. The summed E-state index contributed by atoms with van der Waals surface area (Å²) in [5, 5.41) is 3.59. The molecule has 0 amide bonds. The van der Waals surface area contributed by atoms with E-state index in [1.807, 2.05) is 0 Å². The van der Waals surface area contributed by atoms with Crippen LogP contribution in [-0.4, -0.2) is 56.5 Å². The van der Waals surface area contributed by atoms with Crippen molar-refractivity contribution >= 4 is 15.8 Å². The van der Waals surface area contributed by atoms with Crippen LogP contribution in [0, 0.1) is 11.8 Å². The van der Waals surface area contributed by atoms with Crippen molar-refractivity contribution in [3.05, 3.63) is 35.9 Å². The summed E-state index contributed by atoms with van der Waals surface area (Å²) < 4.78 is 23.3. The Bertz CT molecular complexity index is 744. The van der Waals surface area contributed by atoms with Gasteiger partial charge in [-0.15, -0.1) is 0 Å². The van der Waals surface area contributed by atoms with Crippen molar-refractivity contribution in [1.29, 1.82) is 0 Å². The Labute approximate surface area is 156 Å². The van der Waals surface area contributed by atoms with Crippen LogP contribution in [0.15, 0.2) is 35.3 Å². The first-order chi connectivity index (χ1) is 12.6. The van der Waals surface area contributed by atoms with E-state index in [2.05, 4.69) is 40.5 Å². The lowest BCUT2D eigenvalue weighted by molar-refractivity contribution is 0.455. The van der Waals surface area contributed by atoms with Crippen molar-refractivity contribution < 1.29 is 8.42 Å². The minimum absolute atomic E-state index is 0.193. The van der Waals surface area contributed by atoms with Crippen molar-refractivity contribution in [3.63, 3.8) is 0 Å². The van der Waals surface area contributed by atoms with Gasteiger partial charge in [-0.3, -0.25) is 4.99 Å². The van der Waals surface area contributed by atoms with E-state index in [0.717, 1.165) is 31.9 Å². The molecule has 1 N–H and O–H groups in total. The zero-order valence-corrected chi connectivity index (χ0v) is 16.1. The van der Waals surface area contributed by atoms with Crippen LogP contribution in [0.4, 0.5) is 0 Å². The zero-order valence-electron chi connectivity index (χ0n) is 15.3. The van der Waals surface area contributed by atoms with Crippen molar-refractivity contribution in [2.75, 3.05) is 31.1 Å². The molecule has 0 bridgehead atoms. The predicted molar refractivity (Wildman–Crippen MR) is 105 cm³/mol. The van der Waals surface area contributed by atoms with E-state index >= 15 is 0 Å². The van der Waals surface area contributed by atoms with Gasteiger partial charge in [0.15, 0.2) is 15.8 Å². The van der Waals surface area contributed by atoms with E-state index in [4.69, 9.17) is 4.99 Å². The van der Waals surface area contributed by atoms with Crippen LogP contribution in [0.1, 0.15) is 31.2 Å². The standard InChI is InChI=1S/C20H29N3O2S/c24-26(25)11-9-18(15-26)13-21-20(22-19-6-7-19)23-10-8-17(14-23)12-16-4-2-1-3-5-16/h1-5,17-19H,6-15H2,(H,21,22). The van der Waals surface area contributed by atoms with Crippen molar-refractivity contribution in [1.82, 2.24) is 10.2 Å². The molecule has 142 valence electrons. The maximum atomic E-state index is 11.7. The third-order valence-corrected chi connectivity index (χ3v) is 7.53. The van der Waals surface area contributed by atoms with Crippen LogP contribution in [0.25, 0.3) is 0 Å². The molecule has 1 aliphatic carbocycles. The number of likely N-dealkylation sites (tertiary alicyclic amines) is 1. The van der Waals surface area contributed by atoms with Gasteiger partial charge in [0.25, 0.3) is 0 Å². The third kappa shape index (κ3) is 4.78. The predicted octanol–water partition coefficient (Wildman–Crippen LogP) is 2.09. The molecule has 2 atom stereocenters. The van der Waals surface area contributed by atoms with Crippen molar-refractivity contribution in [2.24, 2.45) is 16.8 Å². The second-order valence-corrected chi connectivity index (χ2v) is 10.4. The van der Waals surface area contributed by atoms with Crippen LogP contribution in [-0.2, 0) is 16.3 Å². The number of nitrogens with zero attached hydrogens (tertiary/aromatic N) is 2. The minimum atomic E-state index is -2.82. The van der Waals surface area contributed by atoms with Gasteiger partial charge in [-0.2, -0.15) is 0 Å². The highest BCUT2D eigenvalue weighted by atomic mass is 32.2. The SMILES string of the molecule is O=S1(=O)CCC(CN=C(NC2CC2)N2CCC(Cc3ccccc3)C2)C1. The quantitative estimate of drug-likeness (QED) is 0.632. The van der Waals surface area contributed by atoms with Gasteiger partial charge in [-0.05, 0) is 49.5 Å². The second-order valence-electron chi connectivity index (χ2n) is 8.14. The highest BCUT2D eigenvalue weighted by molar-refractivity contribution is 7.91. The molecule has 5 nitrogen and oxygen atoms in total. The van der Waals surface area contributed by atoms with Crippen molar-refractivity contribution in [2.45, 2.75) is 38.1 Å². The summed E-state index contributed by atoms with van der Waals surface area (Å²) in [5.74, 6) is 2.51. The number of rotatable bonds is 5. The maximum absolute atomic E-state index is 11.7. The van der Waals surface area contributed by atoms with Gasteiger partial charge in [0.05, 0.1) is 11.5 Å². The third-order valence-electron chi connectivity index (χ3n) is 5.69. The molecule has 2 heterocycles. The number of guanidine groups is 1. The van der Waals surface area contributed by atoms with E-state index in [9.17, 15) is 8.42 Å². The van der Waals surface area contributed by atoms with Gasteiger partial charge in [0, 0.05) is 25.7 Å². The molecule has 2 unspecified atom stereocenters.